The summed E-state index contributed by atoms with van der Waals surface area (Å²) in [5, 5.41) is 0. The fraction of sp³-hybridized carbons (Fsp3) is 0.571. The molecule has 10 heavy (non-hydrogen) atoms. The monoisotopic (exact) mass is 202 g/mol. The number of hydrogen-bond donors (Lipinski definition) is 0. The van der Waals surface area contributed by atoms with E-state index in [9.17, 15) is 0 Å². The normalized spacial score (nSPS) is 10.9. The van der Waals surface area contributed by atoms with E-state index < -0.39 is 0 Å². The maximum atomic E-state index is 4.12. The Balaban J connectivity index is 3.10. The van der Waals surface area contributed by atoms with E-state index in [2.05, 4.69) is 34.8 Å². The summed E-state index contributed by atoms with van der Waals surface area (Å²) in [4.78, 5) is 4.12. The molecular formula is C7H11BrN2. The summed E-state index contributed by atoms with van der Waals surface area (Å²) in [6.45, 7) is 4.31. The largest absolute Gasteiger partial charge is 0.336 e. The van der Waals surface area contributed by atoms with Gasteiger partial charge in [0, 0.05) is 7.05 Å². The van der Waals surface area contributed by atoms with Crippen molar-refractivity contribution in [3.63, 3.8) is 0 Å². The summed E-state index contributed by atoms with van der Waals surface area (Å²) in [6.07, 6.45) is 1.82. The second-order valence-electron chi connectivity index (χ2n) is 2.69. The third-order valence-electron chi connectivity index (χ3n) is 1.48. The van der Waals surface area contributed by atoms with Crippen LogP contribution in [0.5, 0.6) is 0 Å². The van der Waals surface area contributed by atoms with Crippen LogP contribution in [0, 0.1) is 0 Å². The van der Waals surface area contributed by atoms with E-state index in [0.29, 0.717) is 5.92 Å². The molecule has 0 fully saturated rings. The van der Waals surface area contributed by atoms with Gasteiger partial charge in [0.1, 0.15) is 4.60 Å². The minimum atomic E-state index is 0.530. The van der Waals surface area contributed by atoms with Crippen LogP contribution in [-0.4, -0.2) is 9.55 Å². The lowest BCUT2D eigenvalue weighted by Crippen LogP contribution is -1.97. The molecule has 0 aliphatic carbocycles. The summed E-state index contributed by atoms with van der Waals surface area (Å²) < 4.78 is 3.00. The second kappa shape index (κ2) is 2.74. The van der Waals surface area contributed by atoms with E-state index in [1.807, 2.05) is 17.9 Å². The molecule has 1 aromatic heterocycles. The molecule has 1 rings (SSSR count). The molecule has 0 amide bonds. The quantitative estimate of drug-likeness (QED) is 0.684. The molecule has 3 heteroatoms. The third kappa shape index (κ3) is 1.24. The Morgan fingerprint density at radius 1 is 1.60 bits per heavy atom. The van der Waals surface area contributed by atoms with Gasteiger partial charge in [-0.3, -0.25) is 0 Å². The first-order valence-electron chi connectivity index (χ1n) is 3.29. The topological polar surface area (TPSA) is 17.8 Å². The van der Waals surface area contributed by atoms with Crippen molar-refractivity contribution >= 4 is 15.9 Å². The molecule has 0 unspecified atom stereocenters. The van der Waals surface area contributed by atoms with Crippen LogP contribution in [-0.2, 0) is 7.05 Å². The minimum absolute atomic E-state index is 0.530. The van der Waals surface area contributed by atoms with Crippen LogP contribution in [0.1, 0.15) is 25.5 Å². The Morgan fingerprint density at radius 2 is 2.20 bits per heavy atom. The lowest BCUT2D eigenvalue weighted by molar-refractivity contribution is 0.737. The summed E-state index contributed by atoms with van der Waals surface area (Å²) >= 11 is 3.39. The molecule has 0 saturated heterocycles. The third-order valence-corrected chi connectivity index (χ3v) is 2.09. The first-order valence-corrected chi connectivity index (χ1v) is 4.09. The highest BCUT2D eigenvalue weighted by Crippen LogP contribution is 2.21. The van der Waals surface area contributed by atoms with Crippen molar-refractivity contribution < 1.29 is 0 Å². The highest BCUT2D eigenvalue weighted by atomic mass is 79.9. The predicted molar refractivity (Wildman–Crippen MR) is 45.0 cm³/mol. The van der Waals surface area contributed by atoms with Crippen molar-refractivity contribution in [3.8, 4) is 0 Å². The van der Waals surface area contributed by atoms with Crippen molar-refractivity contribution in [2.24, 2.45) is 7.05 Å². The lowest BCUT2D eigenvalue weighted by Gasteiger charge is -2.05. The van der Waals surface area contributed by atoms with Crippen LogP contribution >= 0.6 is 15.9 Å². The zero-order chi connectivity index (χ0) is 7.72. The van der Waals surface area contributed by atoms with Gasteiger partial charge in [0.15, 0.2) is 0 Å². The molecule has 0 aliphatic heterocycles. The zero-order valence-electron chi connectivity index (χ0n) is 6.43. The number of rotatable bonds is 1. The van der Waals surface area contributed by atoms with Gasteiger partial charge in [-0.15, -0.1) is 0 Å². The van der Waals surface area contributed by atoms with Gasteiger partial charge in [-0.2, -0.15) is 0 Å². The van der Waals surface area contributed by atoms with Crippen molar-refractivity contribution in [1.82, 2.24) is 9.55 Å². The Labute approximate surface area is 69.4 Å². The molecule has 0 aliphatic rings. The molecule has 1 heterocycles. The highest BCUT2D eigenvalue weighted by molar-refractivity contribution is 9.10. The van der Waals surface area contributed by atoms with E-state index in [4.69, 9.17) is 0 Å². The number of halogens is 1. The van der Waals surface area contributed by atoms with Crippen molar-refractivity contribution in [1.29, 1.82) is 0 Å². The molecule has 0 bridgehead atoms. The predicted octanol–water partition coefficient (Wildman–Crippen LogP) is 2.31. The van der Waals surface area contributed by atoms with Crippen LogP contribution in [0.4, 0.5) is 0 Å². The molecule has 1 aromatic rings. The van der Waals surface area contributed by atoms with Crippen LogP contribution < -0.4 is 0 Å². The molecule has 0 N–H and O–H groups in total. The Kier molecular flexibility index (Phi) is 2.14. The fourth-order valence-electron chi connectivity index (χ4n) is 1.06. The maximum absolute atomic E-state index is 4.12. The standard InChI is InChI=1S/C7H11BrN2/c1-5(2)6-7(8)9-4-10(6)3/h4-5H,1-3H3. The molecule has 0 saturated carbocycles. The zero-order valence-corrected chi connectivity index (χ0v) is 8.01. The first-order chi connectivity index (χ1) is 4.63. The minimum Gasteiger partial charge on any atom is -0.336 e. The average Bonchev–Trinajstić information content (AvgIpc) is 2.11. The summed E-state index contributed by atoms with van der Waals surface area (Å²) in [5.74, 6) is 0.530. The Hall–Kier alpha value is -0.310. The van der Waals surface area contributed by atoms with E-state index >= 15 is 0 Å². The number of hydrogen-bond acceptors (Lipinski definition) is 1. The molecule has 56 valence electrons. The van der Waals surface area contributed by atoms with E-state index in [-0.39, 0.29) is 0 Å². The molecule has 0 aromatic carbocycles. The first kappa shape index (κ1) is 7.79. The van der Waals surface area contributed by atoms with Gasteiger partial charge in [-0.1, -0.05) is 13.8 Å². The van der Waals surface area contributed by atoms with E-state index in [1.54, 1.807) is 0 Å². The smallest absolute Gasteiger partial charge is 0.127 e. The van der Waals surface area contributed by atoms with Gasteiger partial charge in [-0.25, -0.2) is 4.98 Å². The maximum Gasteiger partial charge on any atom is 0.127 e. The van der Waals surface area contributed by atoms with Gasteiger partial charge < -0.3 is 4.57 Å². The summed E-state index contributed by atoms with van der Waals surface area (Å²) in [7, 11) is 2.01. The number of aromatic nitrogens is 2. The van der Waals surface area contributed by atoms with Gasteiger partial charge in [0.05, 0.1) is 12.0 Å². The Bertz CT molecular complexity index is 208. The average molecular weight is 203 g/mol. The molecule has 2 nitrogen and oxygen atoms in total. The van der Waals surface area contributed by atoms with Gasteiger partial charge in [0.25, 0.3) is 0 Å². The Morgan fingerprint density at radius 3 is 2.40 bits per heavy atom. The fourth-order valence-corrected chi connectivity index (χ4v) is 1.89. The SMILES string of the molecule is CC(C)c1c(Br)ncn1C. The van der Waals surface area contributed by atoms with Crippen molar-refractivity contribution in [2.75, 3.05) is 0 Å². The molecule has 0 radical (unpaired) electrons. The van der Waals surface area contributed by atoms with Crippen LogP contribution in [0.3, 0.4) is 0 Å². The van der Waals surface area contributed by atoms with Crippen molar-refractivity contribution in [3.05, 3.63) is 16.6 Å². The van der Waals surface area contributed by atoms with Crippen LogP contribution in [0.15, 0.2) is 10.9 Å². The van der Waals surface area contributed by atoms with Gasteiger partial charge in [-0.05, 0) is 21.8 Å². The summed E-state index contributed by atoms with van der Waals surface area (Å²) in [5.41, 5.74) is 1.25. The molecule has 0 spiro atoms. The highest BCUT2D eigenvalue weighted by Gasteiger charge is 2.08. The number of imidazole rings is 1. The van der Waals surface area contributed by atoms with E-state index in [1.165, 1.54) is 5.69 Å². The lowest BCUT2D eigenvalue weighted by atomic mass is 10.1. The number of aryl methyl sites for hydroxylation is 1. The number of nitrogens with zero attached hydrogens (tertiary/aromatic N) is 2. The molecule has 0 atom stereocenters. The van der Waals surface area contributed by atoms with Crippen LogP contribution in [0.2, 0.25) is 0 Å². The van der Waals surface area contributed by atoms with Crippen LogP contribution in [0.25, 0.3) is 0 Å². The molecular weight excluding hydrogens is 192 g/mol. The summed E-state index contributed by atoms with van der Waals surface area (Å²) in [6, 6.07) is 0. The second-order valence-corrected chi connectivity index (χ2v) is 3.44. The van der Waals surface area contributed by atoms with Gasteiger partial charge in [0.2, 0.25) is 0 Å². The van der Waals surface area contributed by atoms with Gasteiger partial charge >= 0.3 is 0 Å². The van der Waals surface area contributed by atoms with E-state index in [0.717, 1.165) is 4.60 Å². The van der Waals surface area contributed by atoms with Crippen molar-refractivity contribution in [2.45, 2.75) is 19.8 Å².